The van der Waals surface area contributed by atoms with Crippen LogP contribution >= 0.6 is 0 Å². The third kappa shape index (κ3) is 5.20. The Kier molecular flexibility index (Phi) is 5.97. The Morgan fingerprint density at radius 3 is 2.60 bits per heavy atom. The number of nitrogens with one attached hydrogen (secondary N) is 1. The van der Waals surface area contributed by atoms with Crippen LogP contribution in [-0.2, 0) is 6.42 Å². The highest BCUT2D eigenvalue weighted by molar-refractivity contribution is 5.02. The highest BCUT2D eigenvalue weighted by Crippen LogP contribution is 2.05. The van der Waals surface area contributed by atoms with Crippen molar-refractivity contribution in [3.8, 4) is 0 Å². The van der Waals surface area contributed by atoms with Crippen molar-refractivity contribution in [2.75, 3.05) is 59.9 Å². The first-order valence-corrected chi connectivity index (χ1v) is 7.38. The number of hydrogen-bond donors (Lipinski definition) is 2. The lowest BCUT2D eigenvalue weighted by Gasteiger charge is -2.35. The average molecular weight is 281 g/mol. The number of hydrogen-bond acceptors (Lipinski definition) is 5. The Morgan fingerprint density at radius 1 is 1.30 bits per heavy atom. The molecule has 1 aromatic heterocycles. The molecule has 6 nitrogen and oxygen atoms in total. The molecule has 0 radical (unpaired) electrons. The lowest BCUT2D eigenvalue weighted by Crippen LogP contribution is -2.49. The normalized spacial score (nSPS) is 19.6. The summed E-state index contributed by atoms with van der Waals surface area (Å²) in [7, 11) is 3.99. The molecule has 20 heavy (non-hydrogen) atoms. The first-order valence-electron chi connectivity index (χ1n) is 7.38. The Bertz CT molecular complexity index is 360. The third-order valence-corrected chi connectivity index (χ3v) is 3.78. The minimum absolute atomic E-state index is 0.248. The van der Waals surface area contributed by atoms with Crippen molar-refractivity contribution in [2.45, 2.75) is 12.5 Å². The first kappa shape index (κ1) is 15.4. The minimum Gasteiger partial charge on any atom is -0.390 e. The van der Waals surface area contributed by atoms with Gasteiger partial charge in [-0.1, -0.05) is 0 Å². The van der Waals surface area contributed by atoms with Crippen molar-refractivity contribution < 1.29 is 5.11 Å². The molecule has 6 heteroatoms. The molecule has 0 saturated carbocycles. The number of aliphatic hydroxyl groups is 1. The predicted octanol–water partition coefficient (Wildman–Crippen LogP) is -0.508. The Morgan fingerprint density at radius 2 is 2.00 bits per heavy atom. The van der Waals surface area contributed by atoms with Crippen molar-refractivity contribution in [3.63, 3.8) is 0 Å². The fourth-order valence-corrected chi connectivity index (χ4v) is 2.67. The first-order chi connectivity index (χ1) is 9.63. The van der Waals surface area contributed by atoms with Gasteiger partial charge in [-0.25, -0.2) is 0 Å². The molecule has 1 atom stereocenters. The van der Waals surface area contributed by atoms with E-state index in [9.17, 15) is 5.11 Å². The van der Waals surface area contributed by atoms with Crippen molar-refractivity contribution in [1.29, 1.82) is 0 Å². The van der Waals surface area contributed by atoms with E-state index in [1.54, 1.807) is 0 Å². The molecule has 1 unspecified atom stereocenters. The number of rotatable bonds is 7. The molecule has 1 saturated heterocycles. The number of aromatic nitrogens is 2. The summed E-state index contributed by atoms with van der Waals surface area (Å²) < 4.78 is 0. The summed E-state index contributed by atoms with van der Waals surface area (Å²) in [4.78, 5) is 6.89. The average Bonchev–Trinajstić information content (AvgIpc) is 2.90. The van der Waals surface area contributed by atoms with Gasteiger partial charge < -0.3 is 14.9 Å². The fourth-order valence-electron chi connectivity index (χ4n) is 2.67. The molecule has 0 aromatic carbocycles. The van der Waals surface area contributed by atoms with E-state index >= 15 is 0 Å². The highest BCUT2D eigenvalue weighted by atomic mass is 16.3. The maximum Gasteiger partial charge on any atom is 0.0793 e. The summed E-state index contributed by atoms with van der Waals surface area (Å²) in [5, 5.41) is 16.8. The zero-order valence-electron chi connectivity index (χ0n) is 12.6. The topological polar surface area (TPSA) is 58.6 Å². The largest absolute Gasteiger partial charge is 0.390 e. The maximum absolute atomic E-state index is 9.96. The van der Waals surface area contributed by atoms with Gasteiger partial charge >= 0.3 is 0 Å². The Hall–Kier alpha value is -0.950. The summed E-state index contributed by atoms with van der Waals surface area (Å²) in [6, 6.07) is 0. The smallest absolute Gasteiger partial charge is 0.0793 e. The molecule has 0 aliphatic carbocycles. The standard InChI is InChI=1S/C14H27N5O/c1-17(2)11-14(20)12-19-7-5-18(6-8-19)4-3-13-9-15-16-10-13/h9-10,14,20H,3-8,11-12H2,1-2H3,(H,15,16). The second-order valence-electron chi connectivity index (χ2n) is 5.91. The molecular weight excluding hydrogens is 254 g/mol. The zero-order valence-corrected chi connectivity index (χ0v) is 12.6. The van der Waals surface area contributed by atoms with E-state index < -0.39 is 0 Å². The summed E-state index contributed by atoms with van der Waals surface area (Å²) in [5.41, 5.74) is 1.27. The van der Waals surface area contributed by atoms with Crippen LogP contribution in [0.4, 0.5) is 0 Å². The molecule has 2 rings (SSSR count). The van der Waals surface area contributed by atoms with Gasteiger partial charge in [-0.05, 0) is 26.1 Å². The number of piperazine rings is 1. The Labute approximate surface area is 121 Å². The van der Waals surface area contributed by atoms with Crippen LogP contribution in [-0.4, -0.2) is 96.0 Å². The quantitative estimate of drug-likeness (QED) is 0.705. The highest BCUT2D eigenvalue weighted by Gasteiger charge is 2.19. The van der Waals surface area contributed by atoms with Crippen LogP contribution in [0.2, 0.25) is 0 Å². The molecule has 0 amide bonds. The van der Waals surface area contributed by atoms with E-state index in [0.29, 0.717) is 0 Å². The maximum atomic E-state index is 9.96. The molecule has 0 bridgehead atoms. The SMILES string of the molecule is CN(C)CC(O)CN1CCN(CCc2cn[nH]c2)CC1. The van der Waals surface area contributed by atoms with Crippen LogP contribution in [0, 0.1) is 0 Å². The second kappa shape index (κ2) is 7.73. The van der Waals surface area contributed by atoms with Gasteiger partial charge in [-0.2, -0.15) is 5.10 Å². The molecule has 2 N–H and O–H groups in total. The van der Waals surface area contributed by atoms with Gasteiger partial charge in [0.1, 0.15) is 0 Å². The number of likely N-dealkylation sites (N-methyl/N-ethyl adjacent to an activating group) is 1. The Balaban J connectivity index is 1.62. The molecule has 2 heterocycles. The number of aromatic amines is 1. The van der Waals surface area contributed by atoms with E-state index in [2.05, 4.69) is 20.0 Å². The van der Waals surface area contributed by atoms with Gasteiger partial charge in [0.2, 0.25) is 0 Å². The minimum atomic E-state index is -0.248. The summed E-state index contributed by atoms with van der Waals surface area (Å²) in [6.45, 7) is 6.90. The number of H-pyrrole nitrogens is 1. The summed E-state index contributed by atoms with van der Waals surface area (Å²) in [6.07, 6.45) is 4.67. The second-order valence-corrected chi connectivity index (χ2v) is 5.91. The molecule has 1 aliphatic heterocycles. The lowest BCUT2D eigenvalue weighted by atomic mass is 10.2. The van der Waals surface area contributed by atoms with Crippen LogP contribution in [0.5, 0.6) is 0 Å². The van der Waals surface area contributed by atoms with Crippen molar-refractivity contribution in [1.82, 2.24) is 24.9 Å². The summed E-state index contributed by atoms with van der Waals surface area (Å²) >= 11 is 0. The van der Waals surface area contributed by atoms with Gasteiger partial charge in [-0.3, -0.25) is 10.00 Å². The van der Waals surface area contributed by atoms with E-state index in [4.69, 9.17) is 0 Å². The van der Waals surface area contributed by atoms with Gasteiger partial charge in [0, 0.05) is 52.0 Å². The van der Waals surface area contributed by atoms with Crippen LogP contribution in [0.1, 0.15) is 5.56 Å². The third-order valence-electron chi connectivity index (χ3n) is 3.78. The van der Waals surface area contributed by atoms with E-state index in [1.165, 1.54) is 5.56 Å². The van der Waals surface area contributed by atoms with Gasteiger partial charge in [0.15, 0.2) is 0 Å². The van der Waals surface area contributed by atoms with E-state index in [0.717, 1.165) is 52.2 Å². The van der Waals surface area contributed by atoms with Crippen molar-refractivity contribution in [2.24, 2.45) is 0 Å². The van der Waals surface area contributed by atoms with E-state index in [1.807, 2.05) is 31.4 Å². The van der Waals surface area contributed by atoms with Gasteiger partial charge in [0.05, 0.1) is 12.3 Å². The summed E-state index contributed by atoms with van der Waals surface area (Å²) in [5.74, 6) is 0. The number of aliphatic hydroxyl groups excluding tert-OH is 1. The van der Waals surface area contributed by atoms with Gasteiger partial charge in [-0.15, -0.1) is 0 Å². The molecular formula is C14H27N5O. The fraction of sp³-hybridized carbons (Fsp3) is 0.786. The van der Waals surface area contributed by atoms with Gasteiger partial charge in [0.25, 0.3) is 0 Å². The van der Waals surface area contributed by atoms with Crippen LogP contribution in [0.3, 0.4) is 0 Å². The molecule has 1 aromatic rings. The number of β-amino-alcohol motifs (C(OH)–C–C–N with tert-alkyl or cyclic N) is 1. The number of nitrogens with zero attached hydrogens (tertiary/aromatic N) is 4. The van der Waals surface area contributed by atoms with Crippen LogP contribution in [0.15, 0.2) is 12.4 Å². The zero-order chi connectivity index (χ0) is 14.4. The molecule has 114 valence electrons. The van der Waals surface area contributed by atoms with Crippen LogP contribution in [0.25, 0.3) is 0 Å². The monoisotopic (exact) mass is 281 g/mol. The van der Waals surface area contributed by atoms with Crippen LogP contribution < -0.4 is 0 Å². The molecule has 0 spiro atoms. The van der Waals surface area contributed by atoms with Crippen molar-refractivity contribution >= 4 is 0 Å². The molecule has 1 fully saturated rings. The predicted molar refractivity (Wildman–Crippen MR) is 79.7 cm³/mol. The molecule has 1 aliphatic rings. The van der Waals surface area contributed by atoms with Crippen molar-refractivity contribution in [3.05, 3.63) is 18.0 Å². The van der Waals surface area contributed by atoms with E-state index in [-0.39, 0.29) is 6.10 Å². The lowest BCUT2D eigenvalue weighted by molar-refractivity contribution is 0.0598.